The summed E-state index contributed by atoms with van der Waals surface area (Å²) >= 11 is 0. The highest BCUT2D eigenvalue weighted by molar-refractivity contribution is 6.01. The Labute approximate surface area is 181 Å². The molecule has 3 aliphatic carbocycles. The van der Waals surface area contributed by atoms with Gasteiger partial charge < -0.3 is 24.8 Å². The quantitative estimate of drug-likeness (QED) is 0.512. The zero-order valence-corrected chi connectivity index (χ0v) is 18.9. The number of rotatable bonds is 1. The van der Waals surface area contributed by atoms with Gasteiger partial charge in [-0.2, -0.15) is 0 Å². The second-order valence-corrected chi connectivity index (χ2v) is 10.6. The molecule has 0 radical (unpaired) electrons. The van der Waals surface area contributed by atoms with E-state index in [-0.39, 0.29) is 30.1 Å². The first kappa shape index (κ1) is 22.6. The monoisotopic (exact) mass is 436 g/mol. The molecule has 1 aliphatic heterocycles. The van der Waals surface area contributed by atoms with Crippen molar-refractivity contribution in [1.82, 2.24) is 0 Å². The largest absolute Gasteiger partial charge is 0.454 e. The predicted molar refractivity (Wildman–Crippen MR) is 108 cm³/mol. The standard InChI is InChI=1S/C23H32O8/c1-10-7-14-22(9-30-14,31-12(3)24)17-19(28)23(29)8-13(25)11(2)15(20(23,4)5)16(26)18(27)21(10,17)6/h10,14,16-17,19,26,28-29H,7-9H2,1-6H3/t10-,14?,16?,17?,19?,21+,22?,23?/m0/s1. The summed E-state index contributed by atoms with van der Waals surface area (Å²) in [6.07, 6.45) is -3.72. The van der Waals surface area contributed by atoms with Gasteiger partial charge in [0.15, 0.2) is 17.2 Å². The van der Waals surface area contributed by atoms with Crippen molar-refractivity contribution in [2.75, 3.05) is 6.61 Å². The van der Waals surface area contributed by atoms with Gasteiger partial charge >= 0.3 is 5.97 Å². The Kier molecular flexibility index (Phi) is 4.71. The molecule has 0 spiro atoms. The molecule has 1 heterocycles. The van der Waals surface area contributed by atoms with E-state index in [9.17, 15) is 29.7 Å². The van der Waals surface area contributed by atoms with Crippen molar-refractivity contribution in [3.05, 3.63) is 11.1 Å². The fraction of sp³-hybridized carbons (Fsp3) is 0.783. The highest BCUT2D eigenvalue weighted by Crippen LogP contribution is 2.64. The molecule has 0 aromatic rings. The molecule has 2 saturated carbocycles. The average Bonchev–Trinajstić information content (AvgIpc) is 2.65. The van der Waals surface area contributed by atoms with E-state index in [1.54, 1.807) is 27.7 Å². The molecule has 1 saturated heterocycles. The summed E-state index contributed by atoms with van der Waals surface area (Å²) in [5.74, 6) is -2.97. The lowest BCUT2D eigenvalue weighted by Crippen LogP contribution is -2.80. The van der Waals surface area contributed by atoms with Gasteiger partial charge in [0, 0.05) is 30.1 Å². The molecule has 8 atom stereocenters. The molecule has 8 heteroatoms. The molecule has 31 heavy (non-hydrogen) atoms. The Balaban J connectivity index is 2.03. The number of esters is 1. The van der Waals surface area contributed by atoms with Crippen LogP contribution in [0.25, 0.3) is 0 Å². The fourth-order valence-electron chi connectivity index (χ4n) is 6.89. The van der Waals surface area contributed by atoms with Crippen molar-refractivity contribution in [3.8, 4) is 0 Å². The highest BCUT2D eigenvalue weighted by atomic mass is 16.6. The number of carbonyl (C=O) groups excluding carboxylic acids is 3. The molecular formula is C23H32O8. The van der Waals surface area contributed by atoms with E-state index in [1.165, 1.54) is 6.92 Å². The second kappa shape index (κ2) is 6.47. The number of aliphatic hydroxyl groups excluding tert-OH is 2. The van der Waals surface area contributed by atoms with Gasteiger partial charge in [0.1, 0.15) is 17.8 Å². The minimum atomic E-state index is -1.98. The van der Waals surface area contributed by atoms with E-state index in [2.05, 4.69) is 0 Å². The smallest absolute Gasteiger partial charge is 0.303 e. The molecule has 3 fully saturated rings. The van der Waals surface area contributed by atoms with Gasteiger partial charge in [-0.05, 0) is 30.4 Å². The summed E-state index contributed by atoms with van der Waals surface area (Å²) in [5.41, 5.74) is -5.52. The van der Waals surface area contributed by atoms with Crippen LogP contribution in [0.4, 0.5) is 0 Å². The van der Waals surface area contributed by atoms with Crippen LogP contribution in [0.5, 0.6) is 0 Å². The number of hydrogen-bond acceptors (Lipinski definition) is 8. The van der Waals surface area contributed by atoms with Crippen LogP contribution >= 0.6 is 0 Å². The maximum atomic E-state index is 13.9. The number of carbonyl (C=O) groups is 3. The molecule has 4 aliphatic rings. The van der Waals surface area contributed by atoms with E-state index in [1.807, 2.05) is 6.92 Å². The summed E-state index contributed by atoms with van der Waals surface area (Å²) in [6.45, 7) is 9.51. The lowest BCUT2D eigenvalue weighted by molar-refractivity contribution is -0.339. The summed E-state index contributed by atoms with van der Waals surface area (Å²) in [5, 5.41) is 35.0. The Morgan fingerprint density at radius 2 is 1.81 bits per heavy atom. The van der Waals surface area contributed by atoms with Crippen molar-refractivity contribution in [1.29, 1.82) is 0 Å². The van der Waals surface area contributed by atoms with Crippen LogP contribution < -0.4 is 0 Å². The topological polar surface area (TPSA) is 130 Å². The summed E-state index contributed by atoms with van der Waals surface area (Å²) in [4.78, 5) is 38.8. The predicted octanol–water partition coefficient (Wildman–Crippen LogP) is 0.700. The van der Waals surface area contributed by atoms with Crippen LogP contribution in [0, 0.1) is 22.7 Å². The fourth-order valence-corrected chi connectivity index (χ4v) is 6.89. The summed E-state index contributed by atoms with van der Waals surface area (Å²) in [7, 11) is 0. The number of allylic oxidation sites excluding steroid dienone is 1. The molecule has 172 valence electrons. The minimum Gasteiger partial charge on any atom is -0.454 e. The molecule has 3 N–H and O–H groups in total. The Morgan fingerprint density at radius 1 is 1.19 bits per heavy atom. The van der Waals surface area contributed by atoms with E-state index in [4.69, 9.17) is 9.47 Å². The van der Waals surface area contributed by atoms with Crippen LogP contribution in [-0.4, -0.2) is 69.0 Å². The number of fused-ring (bicyclic) bond motifs is 5. The lowest BCUT2D eigenvalue weighted by Gasteiger charge is -2.67. The van der Waals surface area contributed by atoms with Gasteiger partial charge in [-0.3, -0.25) is 14.4 Å². The molecule has 0 aromatic carbocycles. The third-order valence-electron chi connectivity index (χ3n) is 9.02. The van der Waals surface area contributed by atoms with E-state index < -0.39 is 63.8 Å². The van der Waals surface area contributed by atoms with Crippen LogP contribution in [0.2, 0.25) is 0 Å². The first-order valence-corrected chi connectivity index (χ1v) is 10.8. The van der Waals surface area contributed by atoms with Crippen LogP contribution in [0.3, 0.4) is 0 Å². The maximum Gasteiger partial charge on any atom is 0.303 e. The zero-order valence-electron chi connectivity index (χ0n) is 18.9. The third kappa shape index (κ3) is 2.47. The second-order valence-electron chi connectivity index (χ2n) is 10.6. The van der Waals surface area contributed by atoms with Crippen molar-refractivity contribution < 1.29 is 39.2 Å². The van der Waals surface area contributed by atoms with Gasteiger partial charge in [0.25, 0.3) is 0 Å². The van der Waals surface area contributed by atoms with Crippen LogP contribution in [0.15, 0.2) is 11.1 Å². The molecular weight excluding hydrogens is 404 g/mol. The SMILES string of the molecule is CC(=O)OC12COC1C[C@H](C)[C@@]1(C)C(=O)C(O)C3=C(C)C(=O)CC(O)(C(O)C21)C3(C)C. The maximum absolute atomic E-state index is 13.9. The first-order valence-electron chi connectivity index (χ1n) is 10.8. The highest BCUT2D eigenvalue weighted by Gasteiger charge is 2.76. The molecule has 8 nitrogen and oxygen atoms in total. The van der Waals surface area contributed by atoms with Gasteiger partial charge in [-0.25, -0.2) is 0 Å². The van der Waals surface area contributed by atoms with Crippen molar-refractivity contribution in [2.45, 2.75) is 83.9 Å². The molecule has 2 bridgehead atoms. The van der Waals surface area contributed by atoms with Gasteiger partial charge in [0.2, 0.25) is 0 Å². The van der Waals surface area contributed by atoms with Crippen LogP contribution in [-0.2, 0) is 23.9 Å². The molecule has 6 unspecified atom stereocenters. The van der Waals surface area contributed by atoms with Gasteiger partial charge in [-0.15, -0.1) is 0 Å². The Morgan fingerprint density at radius 3 is 2.32 bits per heavy atom. The number of ketones is 2. The van der Waals surface area contributed by atoms with Gasteiger partial charge in [-0.1, -0.05) is 27.7 Å². The normalized spacial score (nSPS) is 48.7. The zero-order chi connectivity index (χ0) is 23.3. The van der Waals surface area contributed by atoms with Gasteiger partial charge in [0.05, 0.1) is 12.7 Å². The number of aliphatic hydroxyl groups is 3. The number of ether oxygens (including phenoxy) is 2. The van der Waals surface area contributed by atoms with Crippen molar-refractivity contribution >= 4 is 17.5 Å². The summed E-state index contributed by atoms with van der Waals surface area (Å²) < 4.78 is 11.4. The average molecular weight is 437 g/mol. The van der Waals surface area contributed by atoms with Crippen molar-refractivity contribution in [3.63, 3.8) is 0 Å². The molecule has 0 aromatic heterocycles. The van der Waals surface area contributed by atoms with Crippen LogP contribution in [0.1, 0.15) is 54.4 Å². The number of Topliss-reactive ketones (excluding diaryl/α,β-unsaturated/α-hetero) is 2. The first-order chi connectivity index (χ1) is 14.2. The molecule has 0 amide bonds. The number of hydrogen-bond donors (Lipinski definition) is 3. The van der Waals surface area contributed by atoms with E-state index in [0.717, 1.165) is 0 Å². The minimum absolute atomic E-state index is 0.0309. The Hall–Kier alpha value is -1.61. The lowest BCUT2D eigenvalue weighted by atomic mass is 9.43. The van der Waals surface area contributed by atoms with E-state index >= 15 is 0 Å². The van der Waals surface area contributed by atoms with E-state index in [0.29, 0.717) is 6.42 Å². The Bertz CT molecular complexity index is 905. The van der Waals surface area contributed by atoms with Crippen molar-refractivity contribution in [2.24, 2.45) is 22.7 Å². The molecule has 4 rings (SSSR count). The third-order valence-corrected chi connectivity index (χ3v) is 9.02. The summed E-state index contributed by atoms with van der Waals surface area (Å²) in [6, 6.07) is 0.